The van der Waals surface area contributed by atoms with Gasteiger partial charge in [-0.15, -0.1) is 0 Å². The summed E-state index contributed by atoms with van der Waals surface area (Å²) in [6, 6.07) is 7.97. The first-order valence-electron chi connectivity index (χ1n) is 7.20. The molecule has 0 fully saturated rings. The maximum atomic E-state index is 12.8. The summed E-state index contributed by atoms with van der Waals surface area (Å²) in [5, 5.41) is 4.91. The summed E-state index contributed by atoms with van der Waals surface area (Å²) < 4.78 is 0. The average molecular weight is 280 g/mol. The highest BCUT2D eigenvalue weighted by Crippen LogP contribution is 2.44. The first-order valence-corrected chi connectivity index (χ1v) is 7.20. The van der Waals surface area contributed by atoms with Crippen molar-refractivity contribution in [3.05, 3.63) is 41.0 Å². The van der Waals surface area contributed by atoms with E-state index in [-0.39, 0.29) is 11.8 Å². The number of nitrogens with zero attached hydrogens (tertiary/aromatic N) is 1. The highest BCUT2D eigenvalue weighted by Gasteiger charge is 2.42. The van der Waals surface area contributed by atoms with Gasteiger partial charge in [0.25, 0.3) is 11.8 Å². The van der Waals surface area contributed by atoms with Gasteiger partial charge in [0.1, 0.15) is 0 Å². The third-order valence-corrected chi connectivity index (χ3v) is 4.54. The van der Waals surface area contributed by atoms with E-state index in [1.807, 2.05) is 45.0 Å². The molecular formula is C17H16N2O2. The van der Waals surface area contributed by atoms with E-state index in [9.17, 15) is 9.59 Å². The Bertz CT molecular complexity index is 836. The molecule has 0 saturated carbocycles. The van der Waals surface area contributed by atoms with Crippen molar-refractivity contribution in [3.63, 3.8) is 0 Å². The second kappa shape index (κ2) is 3.64. The standard InChI is InChI=1S/C17H16N2O2/c1-4-19-11-7-5-6-9-8-10-13(14(12(9)11)16(19)21)15(20)18-17(10,2)3/h5-8H,4H2,1-3H3,(H,18,20). The fourth-order valence-electron chi connectivity index (χ4n) is 3.58. The molecule has 2 aliphatic rings. The molecule has 2 aliphatic heterocycles. The number of rotatable bonds is 1. The summed E-state index contributed by atoms with van der Waals surface area (Å²) in [6.45, 7) is 6.49. The molecule has 2 aromatic rings. The lowest BCUT2D eigenvalue weighted by Crippen LogP contribution is -2.32. The van der Waals surface area contributed by atoms with Crippen molar-refractivity contribution in [1.82, 2.24) is 5.32 Å². The molecule has 0 saturated heterocycles. The summed E-state index contributed by atoms with van der Waals surface area (Å²) in [6.07, 6.45) is 0. The van der Waals surface area contributed by atoms with Crippen molar-refractivity contribution in [1.29, 1.82) is 0 Å². The molecule has 0 atom stereocenters. The summed E-state index contributed by atoms with van der Waals surface area (Å²) >= 11 is 0. The first kappa shape index (κ1) is 12.4. The number of benzene rings is 2. The quantitative estimate of drug-likeness (QED) is 0.873. The third kappa shape index (κ3) is 1.35. The predicted octanol–water partition coefficient (Wildman–Crippen LogP) is 2.80. The number of anilines is 1. The van der Waals surface area contributed by atoms with Crippen LogP contribution in [0.3, 0.4) is 0 Å². The van der Waals surface area contributed by atoms with Gasteiger partial charge in [0.15, 0.2) is 0 Å². The van der Waals surface area contributed by atoms with Crippen molar-refractivity contribution < 1.29 is 9.59 Å². The van der Waals surface area contributed by atoms with E-state index in [0.717, 1.165) is 22.0 Å². The van der Waals surface area contributed by atoms with Crippen LogP contribution in [0.1, 0.15) is 47.1 Å². The molecule has 2 aromatic carbocycles. The molecule has 1 N–H and O–H groups in total. The fourth-order valence-corrected chi connectivity index (χ4v) is 3.58. The third-order valence-electron chi connectivity index (χ3n) is 4.54. The Hall–Kier alpha value is -2.36. The highest BCUT2D eigenvalue weighted by molar-refractivity contribution is 6.29. The van der Waals surface area contributed by atoms with Gasteiger partial charge in [-0.05, 0) is 43.9 Å². The zero-order valence-electron chi connectivity index (χ0n) is 12.3. The summed E-state index contributed by atoms with van der Waals surface area (Å²) in [5.41, 5.74) is 2.52. The van der Waals surface area contributed by atoms with Crippen molar-refractivity contribution in [3.8, 4) is 0 Å². The highest BCUT2D eigenvalue weighted by atomic mass is 16.2. The normalized spacial score (nSPS) is 18.3. The molecule has 4 heteroatoms. The number of carbonyl (C=O) groups excluding carboxylic acids is 2. The predicted molar refractivity (Wildman–Crippen MR) is 81.8 cm³/mol. The fraction of sp³-hybridized carbons (Fsp3) is 0.294. The van der Waals surface area contributed by atoms with Gasteiger partial charge in [-0.25, -0.2) is 0 Å². The Morgan fingerprint density at radius 1 is 1.19 bits per heavy atom. The average Bonchev–Trinajstić information content (AvgIpc) is 2.84. The largest absolute Gasteiger partial charge is 0.343 e. The second-order valence-electron chi connectivity index (χ2n) is 6.18. The van der Waals surface area contributed by atoms with Crippen LogP contribution in [0, 0.1) is 0 Å². The van der Waals surface area contributed by atoms with E-state index in [4.69, 9.17) is 0 Å². The topological polar surface area (TPSA) is 49.4 Å². The molecule has 0 spiro atoms. The molecule has 2 amide bonds. The molecule has 0 radical (unpaired) electrons. The van der Waals surface area contributed by atoms with E-state index < -0.39 is 5.54 Å². The number of hydrogen-bond donors (Lipinski definition) is 1. The number of nitrogens with one attached hydrogen (secondary N) is 1. The van der Waals surface area contributed by atoms with E-state index in [1.165, 1.54) is 0 Å². The van der Waals surface area contributed by atoms with E-state index in [2.05, 4.69) is 5.32 Å². The summed E-state index contributed by atoms with van der Waals surface area (Å²) in [5.74, 6) is -0.207. The molecule has 0 aliphatic carbocycles. The van der Waals surface area contributed by atoms with Gasteiger partial charge in [0.05, 0.1) is 22.4 Å². The van der Waals surface area contributed by atoms with Crippen LogP contribution in [0.5, 0.6) is 0 Å². The minimum absolute atomic E-state index is 0.0617. The van der Waals surface area contributed by atoms with Crippen LogP contribution in [0.2, 0.25) is 0 Å². The van der Waals surface area contributed by atoms with Gasteiger partial charge >= 0.3 is 0 Å². The van der Waals surface area contributed by atoms with Crippen LogP contribution >= 0.6 is 0 Å². The van der Waals surface area contributed by atoms with Crippen molar-refractivity contribution in [2.45, 2.75) is 26.3 Å². The molecule has 4 nitrogen and oxygen atoms in total. The lowest BCUT2D eigenvalue weighted by molar-refractivity contribution is 0.0927. The van der Waals surface area contributed by atoms with E-state index >= 15 is 0 Å². The molecule has 106 valence electrons. The van der Waals surface area contributed by atoms with Crippen LogP contribution in [0.15, 0.2) is 24.3 Å². The van der Waals surface area contributed by atoms with Crippen LogP contribution < -0.4 is 10.2 Å². The second-order valence-corrected chi connectivity index (χ2v) is 6.18. The summed E-state index contributed by atoms with van der Waals surface area (Å²) in [4.78, 5) is 26.9. The Balaban J connectivity index is 2.19. The van der Waals surface area contributed by atoms with Gasteiger partial charge in [-0.2, -0.15) is 0 Å². The lowest BCUT2D eigenvalue weighted by atomic mass is 9.89. The minimum atomic E-state index is -0.437. The molecule has 21 heavy (non-hydrogen) atoms. The molecule has 2 heterocycles. The molecule has 0 aromatic heterocycles. The van der Waals surface area contributed by atoms with E-state index in [0.29, 0.717) is 17.7 Å². The molecular weight excluding hydrogens is 264 g/mol. The molecule has 0 bridgehead atoms. The first-order chi connectivity index (χ1) is 9.95. The molecule has 4 rings (SSSR count). The number of hydrogen-bond acceptors (Lipinski definition) is 2. The monoisotopic (exact) mass is 280 g/mol. The Morgan fingerprint density at radius 3 is 2.67 bits per heavy atom. The Labute approximate surface area is 122 Å². The maximum absolute atomic E-state index is 12.8. The van der Waals surface area contributed by atoms with Crippen LogP contribution in [0.25, 0.3) is 10.8 Å². The van der Waals surface area contributed by atoms with Crippen LogP contribution in [-0.2, 0) is 5.54 Å². The van der Waals surface area contributed by atoms with Gasteiger partial charge in [-0.3, -0.25) is 9.59 Å². The zero-order valence-corrected chi connectivity index (χ0v) is 12.3. The van der Waals surface area contributed by atoms with Gasteiger partial charge in [0.2, 0.25) is 0 Å². The van der Waals surface area contributed by atoms with E-state index in [1.54, 1.807) is 4.90 Å². The smallest absolute Gasteiger partial charge is 0.259 e. The maximum Gasteiger partial charge on any atom is 0.259 e. The Morgan fingerprint density at radius 2 is 1.95 bits per heavy atom. The number of carbonyl (C=O) groups is 2. The lowest BCUT2D eigenvalue weighted by Gasteiger charge is -2.19. The number of amides is 2. The van der Waals surface area contributed by atoms with Crippen LogP contribution in [-0.4, -0.2) is 18.4 Å². The zero-order chi connectivity index (χ0) is 14.9. The minimum Gasteiger partial charge on any atom is -0.343 e. The van der Waals surface area contributed by atoms with Crippen molar-refractivity contribution in [2.75, 3.05) is 11.4 Å². The van der Waals surface area contributed by atoms with Gasteiger partial charge in [-0.1, -0.05) is 12.1 Å². The Kier molecular flexibility index (Phi) is 2.15. The van der Waals surface area contributed by atoms with Crippen molar-refractivity contribution in [2.24, 2.45) is 0 Å². The van der Waals surface area contributed by atoms with Gasteiger partial charge in [0, 0.05) is 11.9 Å². The number of fused-ring (bicyclic) bond motifs is 2. The van der Waals surface area contributed by atoms with Crippen LogP contribution in [0.4, 0.5) is 5.69 Å². The SMILES string of the molecule is CCN1C(=O)c2c3c(cc4cccc1c24)C(C)(C)NC3=O. The molecule has 0 unspecified atom stereocenters. The van der Waals surface area contributed by atoms with Crippen molar-refractivity contribution >= 4 is 28.3 Å². The summed E-state index contributed by atoms with van der Waals surface area (Å²) in [7, 11) is 0. The van der Waals surface area contributed by atoms with Gasteiger partial charge < -0.3 is 10.2 Å².